The molecular weight excluding hydrogens is 404 g/mol. The number of allylic oxidation sites excluding steroid dienone is 2. The van der Waals surface area contributed by atoms with Crippen LogP contribution in [0.25, 0.3) is 0 Å². The van der Waals surface area contributed by atoms with E-state index in [0.717, 1.165) is 49.8 Å². The minimum absolute atomic E-state index is 0.101. The number of carbonyl (C=O) groups is 1. The zero-order valence-electron chi connectivity index (χ0n) is 18.7. The van der Waals surface area contributed by atoms with E-state index in [2.05, 4.69) is 26.8 Å². The lowest BCUT2D eigenvalue weighted by atomic mass is 10.0. The summed E-state index contributed by atoms with van der Waals surface area (Å²) in [6, 6.07) is 11.3. The summed E-state index contributed by atoms with van der Waals surface area (Å²) in [6.45, 7) is 10.5. The number of nitrogens with one attached hydrogen (secondary N) is 1. The Morgan fingerprint density at radius 2 is 2.03 bits per heavy atom. The fourth-order valence-corrected chi connectivity index (χ4v) is 3.36. The summed E-state index contributed by atoms with van der Waals surface area (Å²) < 4.78 is 11.3. The normalized spacial score (nSPS) is 15.3. The number of Topliss-reactive ketones (excluding diaryl/α,β-unsaturated/α-hetero) is 1. The molecule has 1 saturated heterocycles. The third-order valence-electron chi connectivity index (χ3n) is 5.11. The zero-order valence-corrected chi connectivity index (χ0v) is 18.7. The van der Waals surface area contributed by atoms with Crippen molar-refractivity contribution in [1.29, 1.82) is 0 Å². The van der Waals surface area contributed by atoms with Crippen LogP contribution in [0.1, 0.15) is 12.5 Å². The monoisotopic (exact) mass is 434 g/mol. The van der Waals surface area contributed by atoms with Crippen molar-refractivity contribution < 1.29 is 14.3 Å². The lowest BCUT2D eigenvalue weighted by Crippen LogP contribution is -2.38. The van der Waals surface area contributed by atoms with Gasteiger partial charge in [0.05, 0.1) is 18.9 Å². The van der Waals surface area contributed by atoms with Gasteiger partial charge in [0.25, 0.3) is 0 Å². The minimum atomic E-state index is -0.101. The van der Waals surface area contributed by atoms with Gasteiger partial charge in [0.1, 0.15) is 12.4 Å². The van der Waals surface area contributed by atoms with Crippen molar-refractivity contribution >= 4 is 17.2 Å². The van der Waals surface area contributed by atoms with Crippen molar-refractivity contribution in [2.45, 2.75) is 6.92 Å². The van der Waals surface area contributed by atoms with Gasteiger partial charge in [0.2, 0.25) is 0 Å². The average molecular weight is 435 g/mol. The van der Waals surface area contributed by atoms with Gasteiger partial charge >= 0.3 is 0 Å². The summed E-state index contributed by atoms with van der Waals surface area (Å²) in [5, 5.41) is 3.23. The molecule has 1 aliphatic rings. The van der Waals surface area contributed by atoms with Crippen LogP contribution < -0.4 is 10.1 Å². The van der Waals surface area contributed by atoms with Crippen LogP contribution in [0.3, 0.4) is 0 Å². The summed E-state index contributed by atoms with van der Waals surface area (Å²) in [5.74, 6) is 0.660. The number of hydrogen-bond donors (Lipinski definition) is 1. The number of ketones is 1. The van der Waals surface area contributed by atoms with Crippen LogP contribution in [0.15, 0.2) is 77.7 Å². The Morgan fingerprint density at radius 3 is 2.72 bits per heavy atom. The van der Waals surface area contributed by atoms with Gasteiger partial charge in [-0.2, -0.15) is 0 Å². The maximum atomic E-state index is 12.3. The van der Waals surface area contributed by atoms with E-state index in [1.807, 2.05) is 36.4 Å². The van der Waals surface area contributed by atoms with Gasteiger partial charge in [-0.05, 0) is 37.3 Å². The van der Waals surface area contributed by atoms with Crippen molar-refractivity contribution in [3.63, 3.8) is 0 Å². The predicted molar refractivity (Wildman–Crippen MR) is 127 cm³/mol. The molecule has 1 aliphatic heterocycles. The number of benzene rings is 1. The van der Waals surface area contributed by atoms with Gasteiger partial charge in [0, 0.05) is 67.7 Å². The summed E-state index contributed by atoms with van der Waals surface area (Å²) in [4.78, 5) is 23.0. The smallest absolute Gasteiger partial charge is 0.161 e. The van der Waals surface area contributed by atoms with Crippen LogP contribution in [-0.2, 0) is 9.53 Å². The number of ether oxygens (including phenoxy) is 2. The van der Waals surface area contributed by atoms with E-state index < -0.39 is 0 Å². The molecule has 7 nitrogen and oxygen atoms in total. The Hall–Kier alpha value is -3.29. The Balaban J connectivity index is 1.65. The standard InChI is InChI=1S/C25H30N4O3/c1-19(24(20(2)30)18-25(26-3)21-7-9-27-10-8-21)28-22-5-4-6-23(17-22)32-16-13-29-11-14-31-15-12-29/h4-10,17-18,28H,1,11-16H2,2-3H3/b24-18-,26-25?. The minimum Gasteiger partial charge on any atom is -0.492 e. The molecule has 7 heteroatoms. The van der Waals surface area contributed by atoms with Gasteiger partial charge in [-0.1, -0.05) is 12.6 Å². The SMILES string of the molecule is C=C(Nc1cccc(OCCN2CCOCC2)c1)/C(=C/C(=NC)c1ccncc1)C(C)=O. The van der Waals surface area contributed by atoms with E-state index in [4.69, 9.17) is 9.47 Å². The van der Waals surface area contributed by atoms with E-state index in [1.54, 1.807) is 25.5 Å². The first kappa shape index (κ1) is 23.4. The second kappa shape index (κ2) is 11.9. The first-order valence-corrected chi connectivity index (χ1v) is 10.7. The van der Waals surface area contributed by atoms with Crippen LogP contribution in [0, 0.1) is 0 Å². The maximum absolute atomic E-state index is 12.3. The molecular formula is C25H30N4O3. The number of nitrogens with zero attached hydrogens (tertiary/aromatic N) is 3. The number of aliphatic imine (C=N–C) groups is 1. The van der Waals surface area contributed by atoms with Crippen LogP contribution in [0.4, 0.5) is 5.69 Å². The first-order valence-electron chi connectivity index (χ1n) is 10.7. The average Bonchev–Trinajstić information content (AvgIpc) is 2.81. The number of carbonyl (C=O) groups excluding carboxylic acids is 1. The highest BCUT2D eigenvalue weighted by Crippen LogP contribution is 2.21. The molecule has 1 fully saturated rings. The molecule has 168 valence electrons. The van der Waals surface area contributed by atoms with Gasteiger partial charge in [-0.15, -0.1) is 0 Å². The van der Waals surface area contributed by atoms with Crippen molar-refractivity contribution in [3.05, 3.63) is 78.3 Å². The van der Waals surface area contributed by atoms with Gasteiger partial charge in [0.15, 0.2) is 5.78 Å². The van der Waals surface area contributed by atoms with Crippen molar-refractivity contribution in [2.75, 3.05) is 51.8 Å². The number of morpholine rings is 1. The highest BCUT2D eigenvalue weighted by atomic mass is 16.5. The first-order chi connectivity index (χ1) is 15.6. The van der Waals surface area contributed by atoms with Gasteiger partial charge in [-0.3, -0.25) is 19.7 Å². The van der Waals surface area contributed by atoms with Crippen LogP contribution in [-0.4, -0.2) is 67.9 Å². The predicted octanol–water partition coefficient (Wildman–Crippen LogP) is 3.35. The number of pyridine rings is 1. The third-order valence-corrected chi connectivity index (χ3v) is 5.11. The van der Waals surface area contributed by atoms with E-state index in [1.165, 1.54) is 6.92 Å². The summed E-state index contributed by atoms with van der Waals surface area (Å²) in [7, 11) is 1.69. The maximum Gasteiger partial charge on any atom is 0.161 e. The topological polar surface area (TPSA) is 76.1 Å². The molecule has 1 aromatic carbocycles. The molecule has 32 heavy (non-hydrogen) atoms. The van der Waals surface area contributed by atoms with E-state index in [-0.39, 0.29) is 5.78 Å². The molecule has 1 aromatic heterocycles. The van der Waals surface area contributed by atoms with E-state index >= 15 is 0 Å². The van der Waals surface area contributed by atoms with Gasteiger partial charge in [-0.25, -0.2) is 0 Å². The van der Waals surface area contributed by atoms with Crippen LogP contribution in [0.5, 0.6) is 5.75 Å². The molecule has 0 amide bonds. The molecule has 2 heterocycles. The number of rotatable bonds is 10. The number of hydrogen-bond acceptors (Lipinski definition) is 7. The molecule has 3 rings (SSSR count). The molecule has 0 bridgehead atoms. The Bertz CT molecular complexity index is 980. The van der Waals surface area contributed by atoms with Crippen LogP contribution >= 0.6 is 0 Å². The van der Waals surface area contributed by atoms with E-state index in [0.29, 0.717) is 23.6 Å². The lowest BCUT2D eigenvalue weighted by molar-refractivity contribution is -0.113. The Labute approximate surface area is 189 Å². The largest absolute Gasteiger partial charge is 0.492 e. The third kappa shape index (κ3) is 6.87. The van der Waals surface area contributed by atoms with Crippen molar-refractivity contribution in [3.8, 4) is 5.75 Å². The Kier molecular flexibility index (Phi) is 8.71. The molecule has 0 unspecified atom stereocenters. The summed E-state index contributed by atoms with van der Waals surface area (Å²) in [5.41, 5.74) is 3.31. The molecule has 0 atom stereocenters. The molecule has 0 aliphatic carbocycles. The second-order valence-electron chi connectivity index (χ2n) is 7.39. The lowest BCUT2D eigenvalue weighted by Gasteiger charge is -2.26. The summed E-state index contributed by atoms with van der Waals surface area (Å²) in [6.07, 6.45) is 5.13. The molecule has 0 radical (unpaired) electrons. The fraction of sp³-hybridized carbons (Fsp3) is 0.320. The van der Waals surface area contributed by atoms with E-state index in [9.17, 15) is 4.79 Å². The van der Waals surface area contributed by atoms with Gasteiger partial charge < -0.3 is 14.8 Å². The number of anilines is 1. The molecule has 0 saturated carbocycles. The molecule has 2 aromatic rings. The van der Waals surface area contributed by atoms with Crippen molar-refractivity contribution in [2.24, 2.45) is 4.99 Å². The number of aromatic nitrogens is 1. The molecule has 0 spiro atoms. The van der Waals surface area contributed by atoms with Crippen molar-refractivity contribution in [1.82, 2.24) is 9.88 Å². The zero-order chi connectivity index (χ0) is 22.8. The highest BCUT2D eigenvalue weighted by molar-refractivity contribution is 6.14. The highest BCUT2D eigenvalue weighted by Gasteiger charge is 2.13. The Morgan fingerprint density at radius 1 is 1.28 bits per heavy atom. The quantitative estimate of drug-likeness (QED) is 0.351. The van der Waals surface area contributed by atoms with Crippen LogP contribution in [0.2, 0.25) is 0 Å². The molecule has 1 N–H and O–H groups in total. The fourth-order valence-electron chi connectivity index (χ4n) is 3.36. The second-order valence-corrected chi connectivity index (χ2v) is 7.39. The summed E-state index contributed by atoms with van der Waals surface area (Å²) >= 11 is 0.